The van der Waals surface area contributed by atoms with Gasteiger partial charge in [0.05, 0.1) is 37.0 Å². The fourth-order valence-electron chi connectivity index (χ4n) is 1.75. The largest absolute Gasteiger partial charge is 0.394 e. The second-order valence-corrected chi connectivity index (χ2v) is 7.62. The van der Waals surface area contributed by atoms with Crippen molar-refractivity contribution in [2.45, 2.75) is 5.75 Å². The number of aliphatic hydroxyl groups is 1. The summed E-state index contributed by atoms with van der Waals surface area (Å²) in [6.07, 6.45) is 0. The van der Waals surface area contributed by atoms with E-state index in [1.165, 1.54) is 23.5 Å². The van der Waals surface area contributed by atoms with Gasteiger partial charge in [0.1, 0.15) is 10.8 Å². The Balaban J connectivity index is 1.98. The molecule has 0 unspecified atom stereocenters. The van der Waals surface area contributed by atoms with Crippen molar-refractivity contribution < 1.29 is 22.7 Å². The van der Waals surface area contributed by atoms with Crippen molar-refractivity contribution in [2.24, 2.45) is 0 Å². The van der Waals surface area contributed by atoms with Gasteiger partial charge in [-0.15, -0.1) is 11.3 Å². The van der Waals surface area contributed by atoms with E-state index in [4.69, 9.17) is 9.84 Å². The average molecular weight is 345 g/mol. The van der Waals surface area contributed by atoms with Gasteiger partial charge in [0.25, 0.3) is 0 Å². The van der Waals surface area contributed by atoms with Crippen molar-refractivity contribution in [3.05, 3.63) is 41.2 Å². The zero-order chi connectivity index (χ0) is 16.0. The molecule has 1 N–H and O–H groups in total. The van der Waals surface area contributed by atoms with Crippen LogP contribution in [-0.4, -0.2) is 44.1 Å². The molecule has 0 saturated heterocycles. The summed E-state index contributed by atoms with van der Waals surface area (Å²) >= 11 is 1.32. The molecule has 0 aliphatic carbocycles. The summed E-state index contributed by atoms with van der Waals surface area (Å²) in [5.74, 6) is -0.602. The summed E-state index contributed by atoms with van der Waals surface area (Å²) < 4.78 is 41.7. The minimum absolute atomic E-state index is 0.0534. The van der Waals surface area contributed by atoms with Gasteiger partial charge in [-0.2, -0.15) is 0 Å². The van der Waals surface area contributed by atoms with Crippen LogP contribution in [0.2, 0.25) is 0 Å². The predicted molar refractivity (Wildman–Crippen MR) is 82.9 cm³/mol. The van der Waals surface area contributed by atoms with Crippen molar-refractivity contribution in [1.82, 2.24) is 4.98 Å². The lowest BCUT2D eigenvalue weighted by atomic mass is 10.2. The van der Waals surface area contributed by atoms with E-state index < -0.39 is 9.84 Å². The Hall–Kier alpha value is -1.35. The molecule has 0 saturated carbocycles. The van der Waals surface area contributed by atoms with Gasteiger partial charge in [-0.3, -0.25) is 0 Å². The minimum atomic E-state index is -3.31. The number of nitrogens with zero attached hydrogens (tertiary/aromatic N) is 1. The van der Waals surface area contributed by atoms with Crippen LogP contribution in [0, 0.1) is 5.82 Å². The Morgan fingerprint density at radius 1 is 1.23 bits per heavy atom. The fraction of sp³-hybridized carbons (Fsp3) is 0.357. The third-order valence-electron chi connectivity index (χ3n) is 2.79. The molecule has 1 heterocycles. The van der Waals surface area contributed by atoms with Gasteiger partial charge in [-0.05, 0) is 24.3 Å². The number of aromatic nitrogens is 1. The predicted octanol–water partition coefficient (Wildman–Crippen LogP) is 1.87. The normalized spacial score (nSPS) is 11.7. The summed E-state index contributed by atoms with van der Waals surface area (Å²) in [4.78, 5) is 4.28. The molecule has 0 aliphatic rings. The van der Waals surface area contributed by atoms with Gasteiger partial charge >= 0.3 is 0 Å². The maximum absolute atomic E-state index is 12.9. The van der Waals surface area contributed by atoms with Crippen LogP contribution in [0.3, 0.4) is 0 Å². The van der Waals surface area contributed by atoms with Crippen molar-refractivity contribution in [3.63, 3.8) is 0 Å². The van der Waals surface area contributed by atoms with E-state index in [-0.39, 0.29) is 37.1 Å². The van der Waals surface area contributed by atoms with Crippen molar-refractivity contribution >= 4 is 21.2 Å². The van der Waals surface area contributed by atoms with Gasteiger partial charge in [-0.25, -0.2) is 17.8 Å². The van der Waals surface area contributed by atoms with E-state index in [0.717, 1.165) is 5.56 Å². The van der Waals surface area contributed by atoms with E-state index in [2.05, 4.69) is 4.98 Å². The van der Waals surface area contributed by atoms with Gasteiger partial charge < -0.3 is 9.84 Å². The highest BCUT2D eigenvalue weighted by Gasteiger charge is 2.15. The van der Waals surface area contributed by atoms with E-state index in [1.54, 1.807) is 17.5 Å². The smallest absolute Gasteiger partial charge is 0.158 e. The molecule has 0 radical (unpaired) electrons. The summed E-state index contributed by atoms with van der Waals surface area (Å²) in [7, 11) is -3.31. The first-order valence-electron chi connectivity index (χ1n) is 6.59. The van der Waals surface area contributed by atoms with Crippen molar-refractivity contribution in [2.75, 3.05) is 25.6 Å². The summed E-state index contributed by atoms with van der Waals surface area (Å²) in [6, 6.07) is 5.89. The Kier molecular flexibility index (Phi) is 6.01. The first kappa shape index (κ1) is 17.0. The van der Waals surface area contributed by atoms with Gasteiger partial charge in [0.15, 0.2) is 9.84 Å². The first-order chi connectivity index (χ1) is 10.5. The standard InChI is InChI=1S/C14H16FNO4S2/c15-12-3-1-11(2-4-12)14-16-13(9-21-14)10-22(18,19)8-7-20-6-5-17/h1-4,9,17H,5-8,10H2. The first-order valence-corrected chi connectivity index (χ1v) is 9.29. The second kappa shape index (κ2) is 7.77. The second-order valence-electron chi connectivity index (χ2n) is 4.58. The molecule has 8 heteroatoms. The molecule has 0 aliphatic heterocycles. The van der Waals surface area contributed by atoms with Crippen molar-refractivity contribution in [1.29, 1.82) is 0 Å². The molecule has 2 rings (SSSR count). The number of thiazole rings is 1. The Morgan fingerprint density at radius 3 is 2.64 bits per heavy atom. The lowest BCUT2D eigenvalue weighted by molar-refractivity contribution is 0.103. The quantitative estimate of drug-likeness (QED) is 0.739. The maximum atomic E-state index is 12.9. The molecule has 0 spiro atoms. The Labute approximate surface area is 132 Å². The molecule has 22 heavy (non-hydrogen) atoms. The zero-order valence-corrected chi connectivity index (χ0v) is 13.4. The van der Waals surface area contributed by atoms with Crippen LogP contribution < -0.4 is 0 Å². The van der Waals surface area contributed by atoms with Gasteiger partial charge in [-0.1, -0.05) is 0 Å². The van der Waals surface area contributed by atoms with Crippen LogP contribution in [0.5, 0.6) is 0 Å². The van der Waals surface area contributed by atoms with Crippen LogP contribution in [0.15, 0.2) is 29.6 Å². The number of halogens is 1. The topological polar surface area (TPSA) is 76.5 Å². The van der Waals surface area contributed by atoms with Crippen LogP contribution in [0.25, 0.3) is 10.6 Å². The molecule has 0 amide bonds. The van der Waals surface area contributed by atoms with E-state index in [1.807, 2.05) is 0 Å². The molecule has 0 bridgehead atoms. The van der Waals surface area contributed by atoms with Crippen LogP contribution in [-0.2, 0) is 20.3 Å². The van der Waals surface area contributed by atoms with Gasteiger partial charge in [0, 0.05) is 10.9 Å². The Bertz CT molecular complexity index is 698. The van der Waals surface area contributed by atoms with Crippen LogP contribution >= 0.6 is 11.3 Å². The lowest BCUT2D eigenvalue weighted by Crippen LogP contribution is -2.15. The molecule has 1 aromatic carbocycles. The zero-order valence-electron chi connectivity index (χ0n) is 11.7. The fourth-order valence-corrected chi connectivity index (χ4v) is 3.79. The molecular weight excluding hydrogens is 329 g/mol. The number of hydrogen-bond acceptors (Lipinski definition) is 6. The number of ether oxygens (including phenoxy) is 1. The summed E-state index contributed by atoms with van der Waals surface area (Å²) in [5.41, 5.74) is 1.22. The highest BCUT2D eigenvalue weighted by molar-refractivity contribution is 7.90. The van der Waals surface area contributed by atoms with Crippen LogP contribution in [0.1, 0.15) is 5.69 Å². The highest BCUT2D eigenvalue weighted by Crippen LogP contribution is 2.24. The van der Waals surface area contributed by atoms with E-state index in [0.29, 0.717) is 10.7 Å². The third-order valence-corrected chi connectivity index (χ3v) is 5.25. The monoisotopic (exact) mass is 345 g/mol. The molecule has 120 valence electrons. The number of hydrogen-bond donors (Lipinski definition) is 1. The number of sulfone groups is 1. The average Bonchev–Trinajstić information content (AvgIpc) is 2.92. The maximum Gasteiger partial charge on any atom is 0.158 e. The summed E-state index contributed by atoms with van der Waals surface area (Å²) in [5, 5.41) is 10.9. The minimum Gasteiger partial charge on any atom is -0.394 e. The lowest BCUT2D eigenvalue weighted by Gasteiger charge is -2.03. The number of benzene rings is 1. The number of aliphatic hydroxyl groups excluding tert-OH is 1. The summed E-state index contributed by atoms with van der Waals surface area (Å²) in [6.45, 7) is 0.0476. The number of rotatable bonds is 8. The molecule has 0 fully saturated rings. The van der Waals surface area contributed by atoms with Gasteiger partial charge in [0.2, 0.25) is 0 Å². The molecule has 0 atom stereocenters. The van der Waals surface area contributed by atoms with Crippen molar-refractivity contribution in [3.8, 4) is 10.6 Å². The third kappa shape index (κ3) is 5.13. The highest BCUT2D eigenvalue weighted by atomic mass is 32.2. The van der Waals surface area contributed by atoms with Crippen LogP contribution in [0.4, 0.5) is 4.39 Å². The molecule has 2 aromatic rings. The Morgan fingerprint density at radius 2 is 1.95 bits per heavy atom. The SMILES string of the molecule is O=S(=O)(CCOCCO)Cc1csc(-c2ccc(F)cc2)n1. The molecule has 5 nitrogen and oxygen atoms in total. The molecular formula is C14H16FNO4S2. The van der Waals surface area contributed by atoms with E-state index >= 15 is 0 Å². The van der Waals surface area contributed by atoms with E-state index in [9.17, 15) is 12.8 Å². The molecule has 1 aromatic heterocycles.